The molecule has 0 radical (unpaired) electrons. The molecule has 0 heterocycles. The van der Waals surface area contributed by atoms with Crippen molar-refractivity contribution in [2.45, 2.75) is 19.9 Å². The van der Waals surface area contributed by atoms with Crippen LogP contribution >= 0.6 is 0 Å². The van der Waals surface area contributed by atoms with Crippen LogP contribution < -0.4 is 11.1 Å². The fourth-order valence-corrected chi connectivity index (χ4v) is 1.98. The van der Waals surface area contributed by atoms with Crippen molar-refractivity contribution in [3.8, 4) is 0 Å². The van der Waals surface area contributed by atoms with Crippen LogP contribution in [-0.4, -0.2) is 5.91 Å². The maximum absolute atomic E-state index is 12.9. The van der Waals surface area contributed by atoms with Crippen molar-refractivity contribution in [2.24, 2.45) is 0 Å². The van der Waals surface area contributed by atoms with Gasteiger partial charge in [-0.15, -0.1) is 0 Å². The summed E-state index contributed by atoms with van der Waals surface area (Å²) in [5.41, 5.74) is 8.53. The molecule has 1 unspecified atom stereocenters. The summed E-state index contributed by atoms with van der Waals surface area (Å²) in [5, 5.41) is 2.86. The zero-order chi connectivity index (χ0) is 14.7. The van der Waals surface area contributed by atoms with Crippen LogP contribution in [0.25, 0.3) is 0 Å². The maximum atomic E-state index is 12.9. The minimum atomic E-state index is -0.296. The Kier molecular flexibility index (Phi) is 4.03. The molecule has 0 aliphatic heterocycles. The van der Waals surface area contributed by atoms with E-state index in [-0.39, 0.29) is 17.8 Å². The molecule has 104 valence electrons. The number of nitrogens with two attached hydrogens (primary N) is 1. The van der Waals surface area contributed by atoms with E-state index in [4.69, 9.17) is 5.73 Å². The van der Waals surface area contributed by atoms with E-state index in [2.05, 4.69) is 5.32 Å². The topological polar surface area (TPSA) is 55.1 Å². The number of amides is 1. The summed E-state index contributed by atoms with van der Waals surface area (Å²) in [7, 11) is 0. The highest BCUT2D eigenvalue weighted by Crippen LogP contribution is 2.17. The third kappa shape index (κ3) is 3.15. The van der Waals surface area contributed by atoms with Crippen molar-refractivity contribution in [1.29, 1.82) is 0 Å². The van der Waals surface area contributed by atoms with Gasteiger partial charge in [-0.2, -0.15) is 0 Å². The number of halogens is 1. The lowest BCUT2D eigenvalue weighted by atomic mass is 10.1. The van der Waals surface area contributed by atoms with Crippen LogP contribution in [0.1, 0.15) is 34.5 Å². The molecule has 0 bridgehead atoms. The van der Waals surface area contributed by atoms with Crippen LogP contribution in [0.3, 0.4) is 0 Å². The summed E-state index contributed by atoms with van der Waals surface area (Å²) in [6, 6.07) is 11.2. The van der Waals surface area contributed by atoms with Crippen LogP contribution in [0, 0.1) is 12.7 Å². The number of anilines is 1. The maximum Gasteiger partial charge on any atom is 0.253 e. The van der Waals surface area contributed by atoms with Gasteiger partial charge in [0.25, 0.3) is 5.91 Å². The number of nitrogens with one attached hydrogen (secondary N) is 1. The average molecular weight is 272 g/mol. The smallest absolute Gasteiger partial charge is 0.253 e. The molecule has 0 saturated heterocycles. The summed E-state index contributed by atoms with van der Waals surface area (Å²) >= 11 is 0. The second-order valence-corrected chi connectivity index (χ2v) is 4.84. The van der Waals surface area contributed by atoms with Gasteiger partial charge in [0, 0.05) is 5.69 Å². The van der Waals surface area contributed by atoms with Crippen molar-refractivity contribution in [1.82, 2.24) is 5.32 Å². The first-order valence-corrected chi connectivity index (χ1v) is 6.40. The summed E-state index contributed by atoms with van der Waals surface area (Å²) in [4.78, 5) is 12.2. The molecule has 2 aromatic rings. The van der Waals surface area contributed by atoms with E-state index >= 15 is 0 Å². The number of hydrogen-bond acceptors (Lipinski definition) is 2. The molecule has 1 atom stereocenters. The lowest BCUT2D eigenvalue weighted by molar-refractivity contribution is 0.0940. The molecule has 0 aliphatic rings. The quantitative estimate of drug-likeness (QED) is 0.843. The molecular weight excluding hydrogens is 255 g/mol. The standard InChI is InChI=1S/C16H17FN2O/c1-10-3-8-15(18)14(9-10)16(20)19-11(2)12-4-6-13(17)7-5-12/h3-9,11H,18H2,1-2H3,(H,19,20). The highest BCUT2D eigenvalue weighted by Gasteiger charge is 2.14. The number of benzene rings is 2. The third-order valence-corrected chi connectivity index (χ3v) is 3.17. The van der Waals surface area contributed by atoms with Crippen molar-refractivity contribution >= 4 is 11.6 Å². The van der Waals surface area contributed by atoms with Crippen molar-refractivity contribution in [3.63, 3.8) is 0 Å². The molecule has 2 aromatic carbocycles. The van der Waals surface area contributed by atoms with Crippen molar-refractivity contribution in [2.75, 3.05) is 5.73 Å². The van der Waals surface area contributed by atoms with Crippen LogP contribution in [-0.2, 0) is 0 Å². The van der Waals surface area contributed by atoms with E-state index in [0.717, 1.165) is 11.1 Å². The van der Waals surface area contributed by atoms with E-state index < -0.39 is 0 Å². The van der Waals surface area contributed by atoms with Gasteiger partial charge < -0.3 is 11.1 Å². The Balaban J connectivity index is 2.15. The van der Waals surface area contributed by atoms with Crippen LogP contribution in [0.15, 0.2) is 42.5 Å². The number of rotatable bonds is 3. The minimum absolute atomic E-state index is 0.219. The van der Waals surface area contributed by atoms with Crippen molar-refractivity contribution in [3.05, 3.63) is 65.0 Å². The Morgan fingerprint density at radius 1 is 1.20 bits per heavy atom. The molecule has 1 amide bonds. The molecular formula is C16H17FN2O. The van der Waals surface area contributed by atoms with E-state index in [1.54, 1.807) is 24.3 Å². The molecule has 3 nitrogen and oxygen atoms in total. The SMILES string of the molecule is Cc1ccc(N)c(C(=O)NC(C)c2ccc(F)cc2)c1. The largest absolute Gasteiger partial charge is 0.398 e. The first-order chi connectivity index (χ1) is 9.47. The summed E-state index contributed by atoms with van der Waals surface area (Å²) in [6.07, 6.45) is 0. The summed E-state index contributed by atoms with van der Waals surface area (Å²) in [5.74, 6) is -0.529. The fraction of sp³-hybridized carbons (Fsp3) is 0.188. The molecule has 3 N–H and O–H groups in total. The molecule has 0 fully saturated rings. The van der Waals surface area contributed by atoms with E-state index in [1.807, 2.05) is 19.9 Å². The number of hydrogen-bond donors (Lipinski definition) is 2. The molecule has 4 heteroatoms. The minimum Gasteiger partial charge on any atom is -0.398 e. The highest BCUT2D eigenvalue weighted by molar-refractivity contribution is 5.99. The lowest BCUT2D eigenvalue weighted by Gasteiger charge is -2.15. The molecule has 0 aliphatic carbocycles. The summed E-state index contributed by atoms with van der Waals surface area (Å²) < 4.78 is 12.9. The molecule has 2 rings (SSSR count). The monoisotopic (exact) mass is 272 g/mol. The van der Waals surface area contributed by atoms with Gasteiger partial charge in [0.2, 0.25) is 0 Å². The Labute approximate surface area is 117 Å². The Hall–Kier alpha value is -2.36. The summed E-state index contributed by atoms with van der Waals surface area (Å²) in [6.45, 7) is 3.75. The van der Waals surface area contributed by atoms with Gasteiger partial charge in [0.15, 0.2) is 0 Å². The van der Waals surface area contributed by atoms with Crippen molar-refractivity contribution < 1.29 is 9.18 Å². The highest BCUT2D eigenvalue weighted by atomic mass is 19.1. The zero-order valence-electron chi connectivity index (χ0n) is 11.5. The molecule has 0 aromatic heterocycles. The van der Waals surface area contributed by atoms with Gasteiger partial charge >= 0.3 is 0 Å². The van der Waals surface area contributed by atoms with E-state index in [9.17, 15) is 9.18 Å². The number of carbonyl (C=O) groups is 1. The predicted molar refractivity (Wildman–Crippen MR) is 77.9 cm³/mol. The first kappa shape index (κ1) is 14.1. The normalized spacial score (nSPS) is 11.9. The van der Waals surface area contributed by atoms with Gasteiger partial charge in [-0.05, 0) is 43.7 Å². The first-order valence-electron chi connectivity index (χ1n) is 6.40. The van der Waals surface area contributed by atoms with Gasteiger partial charge in [-0.25, -0.2) is 4.39 Å². The molecule has 20 heavy (non-hydrogen) atoms. The van der Waals surface area contributed by atoms with Crippen LogP contribution in [0.5, 0.6) is 0 Å². The van der Waals surface area contributed by atoms with Gasteiger partial charge in [-0.1, -0.05) is 23.8 Å². The molecule has 0 spiro atoms. The van der Waals surface area contributed by atoms with Gasteiger partial charge in [0.05, 0.1) is 11.6 Å². The Bertz CT molecular complexity index is 623. The number of carbonyl (C=O) groups excluding carboxylic acids is 1. The lowest BCUT2D eigenvalue weighted by Crippen LogP contribution is -2.27. The van der Waals surface area contributed by atoms with Gasteiger partial charge in [-0.3, -0.25) is 4.79 Å². The molecule has 0 saturated carbocycles. The van der Waals surface area contributed by atoms with E-state index in [0.29, 0.717) is 11.3 Å². The number of nitrogen functional groups attached to an aromatic ring is 1. The zero-order valence-corrected chi connectivity index (χ0v) is 11.5. The second kappa shape index (κ2) is 5.74. The average Bonchev–Trinajstić information content (AvgIpc) is 2.42. The Morgan fingerprint density at radius 3 is 2.50 bits per heavy atom. The van der Waals surface area contributed by atoms with Crippen LogP contribution in [0.4, 0.5) is 10.1 Å². The number of aryl methyl sites for hydroxylation is 1. The fourth-order valence-electron chi connectivity index (χ4n) is 1.98. The van der Waals surface area contributed by atoms with Gasteiger partial charge in [0.1, 0.15) is 5.82 Å². The second-order valence-electron chi connectivity index (χ2n) is 4.84. The van der Waals surface area contributed by atoms with Crippen LogP contribution in [0.2, 0.25) is 0 Å². The predicted octanol–water partition coefficient (Wildman–Crippen LogP) is 3.21. The van der Waals surface area contributed by atoms with E-state index in [1.165, 1.54) is 12.1 Å². The Morgan fingerprint density at radius 2 is 1.85 bits per heavy atom. The third-order valence-electron chi connectivity index (χ3n) is 3.17.